The lowest BCUT2D eigenvalue weighted by atomic mass is 10.1. The number of hydrogen-bond acceptors (Lipinski definition) is 2. The standard InChI is InChI=1S/C19H16BrClFNO/c20-14-5-7-16(17(21)11-14)19-8-6-15(24-19)12-23-10-9-13-3-1-2-4-18(13)22/h1-8,11,23H,9-10,12H2. The average Bonchev–Trinajstić information content (AvgIpc) is 3.01. The molecule has 124 valence electrons. The summed E-state index contributed by atoms with van der Waals surface area (Å²) in [5.74, 6) is 1.39. The Morgan fingerprint density at radius 2 is 1.92 bits per heavy atom. The molecule has 5 heteroatoms. The lowest BCUT2D eigenvalue weighted by molar-refractivity contribution is 0.493. The molecule has 1 N–H and O–H groups in total. The van der Waals surface area contributed by atoms with Gasteiger partial charge in [-0.1, -0.05) is 45.7 Å². The Kier molecular flexibility index (Phi) is 5.72. The maximum absolute atomic E-state index is 13.5. The maximum Gasteiger partial charge on any atom is 0.135 e. The van der Waals surface area contributed by atoms with E-state index >= 15 is 0 Å². The second-order valence-corrected chi connectivity index (χ2v) is 6.73. The molecule has 0 aliphatic carbocycles. The fraction of sp³-hybridized carbons (Fsp3) is 0.158. The van der Waals surface area contributed by atoms with Gasteiger partial charge in [-0.3, -0.25) is 0 Å². The van der Waals surface area contributed by atoms with Gasteiger partial charge < -0.3 is 9.73 Å². The van der Waals surface area contributed by atoms with E-state index in [2.05, 4.69) is 21.2 Å². The van der Waals surface area contributed by atoms with E-state index in [-0.39, 0.29) is 5.82 Å². The fourth-order valence-electron chi connectivity index (χ4n) is 2.44. The van der Waals surface area contributed by atoms with Crippen molar-refractivity contribution >= 4 is 27.5 Å². The van der Waals surface area contributed by atoms with Crippen LogP contribution in [0, 0.1) is 5.82 Å². The third-order valence-corrected chi connectivity index (χ3v) is 4.49. The first-order valence-corrected chi connectivity index (χ1v) is 8.79. The van der Waals surface area contributed by atoms with Crippen LogP contribution in [0.4, 0.5) is 4.39 Å². The fourth-order valence-corrected chi connectivity index (χ4v) is 3.21. The van der Waals surface area contributed by atoms with Crippen LogP contribution in [0.2, 0.25) is 5.02 Å². The van der Waals surface area contributed by atoms with Crippen LogP contribution in [0.15, 0.2) is 63.5 Å². The highest BCUT2D eigenvalue weighted by molar-refractivity contribution is 9.10. The first-order chi connectivity index (χ1) is 11.6. The van der Waals surface area contributed by atoms with Crippen LogP contribution >= 0.6 is 27.5 Å². The zero-order valence-corrected chi connectivity index (χ0v) is 15.2. The zero-order valence-electron chi connectivity index (χ0n) is 12.9. The number of hydrogen-bond donors (Lipinski definition) is 1. The van der Waals surface area contributed by atoms with Gasteiger partial charge in [0.25, 0.3) is 0 Å². The summed E-state index contributed by atoms with van der Waals surface area (Å²) in [6.45, 7) is 1.26. The van der Waals surface area contributed by atoms with Gasteiger partial charge in [-0.2, -0.15) is 0 Å². The summed E-state index contributed by atoms with van der Waals surface area (Å²) >= 11 is 9.63. The lowest BCUT2D eigenvalue weighted by Crippen LogP contribution is -2.16. The molecule has 0 saturated carbocycles. The summed E-state index contributed by atoms with van der Waals surface area (Å²) in [5.41, 5.74) is 1.57. The Hall–Kier alpha value is -1.62. The van der Waals surface area contributed by atoms with Crippen molar-refractivity contribution in [2.75, 3.05) is 6.54 Å². The second kappa shape index (κ2) is 7.97. The van der Waals surface area contributed by atoms with Gasteiger partial charge in [-0.15, -0.1) is 0 Å². The van der Waals surface area contributed by atoms with Crippen molar-refractivity contribution < 1.29 is 8.81 Å². The summed E-state index contributed by atoms with van der Waals surface area (Å²) in [6.07, 6.45) is 0.638. The highest BCUT2D eigenvalue weighted by Gasteiger charge is 2.09. The van der Waals surface area contributed by atoms with Crippen LogP contribution in [0.5, 0.6) is 0 Å². The highest BCUT2D eigenvalue weighted by Crippen LogP contribution is 2.31. The highest BCUT2D eigenvalue weighted by atomic mass is 79.9. The van der Waals surface area contributed by atoms with Crippen LogP contribution in [-0.2, 0) is 13.0 Å². The van der Waals surface area contributed by atoms with Gasteiger partial charge in [-0.25, -0.2) is 4.39 Å². The smallest absolute Gasteiger partial charge is 0.135 e. The number of benzene rings is 2. The predicted molar refractivity (Wildman–Crippen MR) is 98.7 cm³/mol. The molecule has 0 fully saturated rings. The number of rotatable bonds is 6. The van der Waals surface area contributed by atoms with Gasteiger partial charge in [0.15, 0.2) is 0 Å². The third-order valence-electron chi connectivity index (χ3n) is 3.69. The van der Waals surface area contributed by atoms with Crippen molar-refractivity contribution in [2.24, 2.45) is 0 Å². The Morgan fingerprint density at radius 1 is 1.08 bits per heavy atom. The molecule has 0 aliphatic heterocycles. The minimum Gasteiger partial charge on any atom is -0.460 e. The van der Waals surface area contributed by atoms with Crippen molar-refractivity contribution in [3.8, 4) is 11.3 Å². The molecule has 0 bridgehead atoms. The summed E-state index contributed by atoms with van der Waals surface area (Å²) < 4.78 is 20.3. The van der Waals surface area contributed by atoms with Crippen LogP contribution in [-0.4, -0.2) is 6.54 Å². The first kappa shape index (κ1) is 17.2. The monoisotopic (exact) mass is 407 g/mol. The molecule has 0 atom stereocenters. The molecule has 0 aliphatic rings. The van der Waals surface area contributed by atoms with Crippen LogP contribution < -0.4 is 5.32 Å². The molecule has 2 nitrogen and oxygen atoms in total. The molecule has 1 aromatic heterocycles. The molecular formula is C19H16BrClFNO. The normalized spacial score (nSPS) is 11.0. The summed E-state index contributed by atoms with van der Waals surface area (Å²) in [5, 5.41) is 3.90. The molecule has 3 rings (SSSR count). The van der Waals surface area contributed by atoms with Crippen LogP contribution in [0.3, 0.4) is 0 Å². The van der Waals surface area contributed by atoms with Gasteiger partial charge in [0.2, 0.25) is 0 Å². The predicted octanol–water partition coefficient (Wildman–Crippen LogP) is 5.83. The van der Waals surface area contributed by atoms with Gasteiger partial charge in [-0.05, 0) is 54.9 Å². The molecule has 0 spiro atoms. The average molecular weight is 409 g/mol. The van der Waals surface area contributed by atoms with E-state index < -0.39 is 0 Å². The van der Waals surface area contributed by atoms with E-state index in [0.29, 0.717) is 30.1 Å². The number of nitrogens with one attached hydrogen (secondary N) is 1. The zero-order chi connectivity index (χ0) is 16.9. The van der Waals surface area contributed by atoms with Gasteiger partial charge in [0.05, 0.1) is 11.6 Å². The first-order valence-electron chi connectivity index (χ1n) is 7.62. The van der Waals surface area contributed by atoms with Crippen LogP contribution in [0.25, 0.3) is 11.3 Å². The van der Waals surface area contributed by atoms with Gasteiger partial charge >= 0.3 is 0 Å². The molecule has 24 heavy (non-hydrogen) atoms. The molecule has 0 amide bonds. The minimum absolute atomic E-state index is 0.163. The molecule has 0 saturated heterocycles. The van der Waals surface area contributed by atoms with E-state index in [4.69, 9.17) is 16.0 Å². The minimum atomic E-state index is -0.163. The Morgan fingerprint density at radius 3 is 2.71 bits per heavy atom. The third kappa shape index (κ3) is 4.26. The SMILES string of the molecule is Fc1ccccc1CCNCc1ccc(-c2ccc(Br)cc2Cl)o1. The quantitative estimate of drug-likeness (QED) is 0.519. The van der Waals surface area contributed by atoms with E-state index in [1.165, 1.54) is 6.07 Å². The lowest BCUT2D eigenvalue weighted by Gasteiger charge is -2.05. The topological polar surface area (TPSA) is 25.2 Å². The molecule has 1 heterocycles. The number of halogens is 3. The van der Waals surface area contributed by atoms with E-state index in [1.54, 1.807) is 12.1 Å². The molecule has 3 aromatic rings. The molecule has 0 radical (unpaired) electrons. The number of furan rings is 1. The van der Waals surface area contributed by atoms with E-state index in [0.717, 1.165) is 21.6 Å². The van der Waals surface area contributed by atoms with Crippen molar-refractivity contribution in [2.45, 2.75) is 13.0 Å². The summed E-state index contributed by atoms with van der Waals surface area (Å²) in [7, 11) is 0. The van der Waals surface area contributed by atoms with E-state index in [9.17, 15) is 4.39 Å². The van der Waals surface area contributed by atoms with Crippen molar-refractivity contribution in [1.29, 1.82) is 0 Å². The van der Waals surface area contributed by atoms with Crippen LogP contribution in [0.1, 0.15) is 11.3 Å². The maximum atomic E-state index is 13.5. The summed E-state index contributed by atoms with van der Waals surface area (Å²) in [6, 6.07) is 16.3. The molecule has 0 unspecified atom stereocenters. The second-order valence-electron chi connectivity index (χ2n) is 5.41. The van der Waals surface area contributed by atoms with Crippen molar-refractivity contribution in [3.63, 3.8) is 0 Å². The van der Waals surface area contributed by atoms with Gasteiger partial charge in [0.1, 0.15) is 17.3 Å². The summed E-state index contributed by atoms with van der Waals surface area (Å²) in [4.78, 5) is 0. The van der Waals surface area contributed by atoms with Crippen molar-refractivity contribution in [1.82, 2.24) is 5.32 Å². The van der Waals surface area contributed by atoms with E-state index in [1.807, 2.05) is 36.4 Å². The Balaban J connectivity index is 1.56. The van der Waals surface area contributed by atoms with Gasteiger partial charge in [0, 0.05) is 10.0 Å². The Bertz CT molecular complexity index is 834. The Labute approximate surface area is 153 Å². The van der Waals surface area contributed by atoms with Crippen molar-refractivity contribution in [3.05, 3.63) is 81.2 Å². The molecule has 2 aromatic carbocycles. The molecular weight excluding hydrogens is 393 g/mol. The largest absolute Gasteiger partial charge is 0.460 e.